The molecule has 0 aliphatic carbocycles. The Morgan fingerprint density at radius 2 is 1.53 bits per heavy atom. The number of benzene rings is 1. The topological polar surface area (TPSA) is 60.4 Å². The lowest BCUT2D eigenvalue weighted by atomic mass is 9.92. The molecule has 0 N–H and O–H groups in total. The molecule has 1 aromatic rings. The van der Waals surface area contributed by atoms with Crippen LogP contribution in [0.4, 0.5) is 3.89 Å². The van der Waals surface area contributed by atoms with E-state index in [0.29, 0.717) is 23.0 Å². The molecule has 0 fully saturated rings. The molecule has 19 heavy (non-hydrogen) atoms. The summed E-state index contributed by atoms with van der Waals surface area (Å²) >= 11 is 0. The van der Waals surface area contributed by atoms with E-state index in [4.69, 9.17) is 0 Å². The zero-order chi connectivity index (χ0) is 14.8. The predicted molar refractivity (Wildman–Crippen MR) is 70.7 cm³/mol. The monoisotopic (exact) mass is 288 g/mol. The molecule has 0 bridgehead atoms. The first-order chi connectivity index (χ1) is 8.65. The highest BCUT2D eigenvalue weighted by Crippen LogP contribution is 2.36. The van der Waals surface area contributed by atoms with Crippen LogP contribution in [0.2, 0.25) is 0 Å². The summed E-state index contributed by atoms with van der Waals surface area (Å²) < 4.78 is 38.8. The first-order valence-electron chi connectivity index (χ1n) is 5.92. The third-order valence-electron chi connectivity index (χ3n) is 2.73. The van der Waals surface area contributed by atoms with Crippen molar-refractivity contribution < 1.29 is 21.3 Å². The van der Waals surface area contributed by atoms with Gasteiger partial charge in [0.2, 0.25) is 0 Å². The van der Waals surface area contributed by atoms with Crippen molar-refractivity contribution in [3.05, 3.63) is 28.8 Å². The van der Waals surface area contributed by atoms with Gasteiger partial charge in [0, 0.05) is 5.56 Å². The summed E-state index contributed by atoms with van der Waals surface area (Å²) in [5, 5.41) is 0. The van der Waals surface area contributed by atoms with Crippen LogP contribution in [0.1, 0.15) is 61.0 Å². The minimum Gasteiger partial charge on any atom is -0.358 e. The quantitative estimate of drug-likeness (QED) is 0.616. The van der Waals surface area contributed by atoms with Gasteiger partial charge in [-0.25, -0.2) is 0 Å². The molecule has 6 heteroatoms. The van der Waals surface area contributed by atoms with Gasteiger partial charge in [-0.05, 0) is 35.1 Å². The molecule has 0 heterocycles. The van der Waals surface area contributed by atoms with Gasteiger partial charge in [-0.3, -0.25) is 4.79 Å². The maximum absolute atomic E-state index is 12.8. The first kappa shape index (κ1) is 15.6. The number of hydrogen-bond donors (Lipinski definition) is 0. The molecule has 106 valence electrons. The fraction of sp³-hybridized carbons (Fsp3) is 0.462. The van der Waals surface area contributed by atoms with Crippen molar-refractivity contribution in [3.8, 4) is 5.75 Å². The highest BCUT2D eigenvalue weighted by atomic mass is 32.3. The molecule has 0 atom stereocenters. The largest absolute Gasteiger partial charge is 0.488 e. The lowest BCUT2D eigenvalue weighted by Crippen LogP contribution is -2.09. The molecular weight excluding hydrogens is 271 g/mol. The van der Waals surface area contributed by atoms with Crippen LogP contribution < -0.4 is 4.18 Å². The Morgan fingerprint density at radius 3 is 1.79 bits per heavy atom. The normalized spacial score (nSPS) is 11.9. The Kier molecular flexibility index (Phi) is 4.68. The molecule has 0 unspecified atom stereocenters. The van der Waals surface area contributed by atoms with Crippen molar-refractivity contribution in [3.63, 3.8) is 0 Å². The average molecular weight is 288 g/mol. The summed E-state index contributed by atoms with van der Waals surface area (Å²) in [5.41, 5.74) is 1.40. The van der Waals surface area contributed by atoms with Crippen LogP contribution in [0, 0.1) is 0 Å². The Morgan fingerprint density at radius 1 is 1.11 bits per heavy atom. The third-order valence-corrected chi connectivity index (χ3v) is 3.10. The van der Waals surface area contributed by atoms with Gasteiger partial charge in [0.25, 0.3) is 0 Å². The van der Waals surface area contributed by atoms with Crippen molar-refractivity contribution >= 4 is 16.8 Å². The summed E-state index contributed by atoms with van der Waals surface area (Å²) in [6.07, 6.45) is 0.672. The van der Waals surface area contributed by atoms with Gasteiger partial charge in [-0.2, -0.15) is 8.42 Å². The maximum atomic E-state index is 12.8. The molecule has 0 amide bonds. The lowest BCUT2D eigenvalue weighted by molar-refractivity contribution is 0.112. The van der Waals surface area contributed by atoms with E-state index in [2.05, 4.69) is 4.18 Å². The van der Waals surface area contributed by atoms with Crippen molar-refractivity contribution in [2.24, 2.45) is 0 Å². The van der Waals surface area contributed by atoms with E-state index in [1.54, 1.807) is 0 Å². The second-order valence-corrected chi connectivity index (χ2v) is 5.89. The summed E-state index contributed by atoms with van der Waals surface area (Å²) in [6.45, 7) is 7.24. The second-order valence-electron chi connectivity index (χ2n) is 4.93. The molecule has 4 nitrogen and oxygen atoms in total. The minimum atomic E-state index is -5.10. The predicted octanol–water partition coefficient (Wildman–Crippen LogP) is 3.34. The van der Waals surface area contributed by atoms with Gasteiger partial charge in [0.1, 0.15) is 6.29 Å². The van der Waals surface area contributed by atoms with Crippen molar-refractivity contribution in [1.82, 2.24) is 0 Å². The summed E-state index contributed by atoms with van der Waals surface area (Å²) in [4.78, 5) is 10.9. The van der Waals surface area contributed by atoms with Gasteiger partial charge in [0.05, 0.1) is 0 Å². The maximum Gasteiger partial charge on any atom is 0.488 e. The van der Waals surface area contributed by atoms with E-state index in [0.717, 1.165) is 0 Å². The van der Waals surface area contributed by atoms with Crippen molar-refractivity contribution in [1.29, 1.82) is 0 Å². The third kappa shape index (κ3) is 4.02. The van der Waals surface area contributed by atoms with Crippen LogP contribution in [0.5, 0.6) is 5.75 Å². The Labute approximate surface area is 113 Å². The van der Waals surface area contributed by atoms with E-state index in [9.17, 15) is 17.1 Å². The van der Waals surface area contributed by atoms with Crippen LogP contribution in [-0.4, -0.2) is 14.7 Å². The Balaban J connectivity index is 3.58. The highest BCUT2D eigenvalue weighted by molar-refractivity contribution is 7.81. The fourth-order valence-corrected chi connectivity index (χ4v) is 2.21. The van der Waals surface area contributed by atoms with Crippen LogP contribution in [-0.2, 0) is 10.5 Å². The molecule has 0 saturated carbocycles. The van der Waals surface area contributed by atoms with Crippen molar-refractivity contribution in [2.45, 2.75) is 39.5 Å². The molecule has 0 spiro atoms. The molecule has 0 aliphatic rings. The zero-order valence-electron chi connectivity index (χ0n) is 11.3. The molecule has 0 saturated heterocycles. The van der Waals surface area contributed by atoms with Gasteiger partial charge in [0.15, 0.2) is 5.75 Å². The standard InChI is InChI=1S/C13H17FO4S/c1-8(2)11-5-10(7-15)6-12(9(3)4)13(11)18-19(14,16)17/h5-9H,1-4H3. The van der Waals surface area contributed by atoms with Gasteiger partial charge >= 0.3 is 10.5 Å². The smallest absolute Gasteiger partial charge is 0.358 e. The van der Waals surface area contributed by atoms with Gasteiger partial charge < -0.3 is 4.18 Å². The average Bonchev–Trinajstić information content (AvgIpc) is 2.26. The number of hydrogen-bond acceptors (Lipinski definition) is 4. The zero-order valence-corrected chi connectivity index (χ0v) is 12.1. The summed E-state index contributed by atoms with van der Waals surface area (Å²) in [5.74, 6) is -0.221. The summed E-state index contributed by atoms with van der Waals surface area (Å²) in [7, 11) is -5.10. The Bertz CT molecular complexity index is 547. The van der Waals surface area contributed by atoms with E-state index < -0.39 is 10.5 Å². The van der Waals surface area contributed by atoms with Gasteiger partial charge in [-0.1, -0.05) is 31.6 Å². The molecule has 0 aromatic heterocycles. The molecule has 1 aromatic carbocycles. The lowest BCUT2D eigenvalue weighted by Gasteiger charge is -2.18. The number of aldehydes is 1. The first-order valence-corrected chi connectivity index (χ1v) is 7.23. The minimum absolute atomic E-state index is 0.0156. The van der Waals surface area contributed by atoms with Crippen LogP contribution in [0.3, 0.4) is 0 Å². The molecular formula is C13H17FO4S. The van der Waals surface area contributed by atoms with Crippen LogP contribution in [0.25, 0.3) is 0 Å². The fourth-order valence-electron chi connectivity index (χ4n) is 1.82. The van der Waals surface area contributed by atoms with Crippen LogP contribution in [0.15, 0.2) is 12.1 Å². The van der Waals surface area contributed by atoms with E-state index in [1.165, 1.54) is 12.1 Å². The second kappa shape index (κ2) is 5.69. The van der Waals surface area contributed by atoms with E-state index >= 15 is 0 Å². The van der Waals surface area contributed by atoms with Crippen LogP contribution >= 0.6 is 0 Å². The molecule has 0 radical (unpaired) electrons. The number of carbonyl (C=O) groups is 1. The molecule has 0 aliphatic heterocycles. The highest BCUT2D eigenvalue weighted by Gasteiger charge is 2.22. The summed E-state index contributed by atoms with van der Waals surface area (Å²) in [6, 6.07) is 3.04. The SMILES string of the molecule is CC(C)c1cc(C=O)cc(C(C)C)c1OS(=O)(=O)F. The van der Waals surface area contributed by atoms with Crippen molar-refractivity contribution in [2.75, 3.05) is 0 Å². The van der Waals surface area contributed by atoms with E-state index in [1.807, 2.05) is 27.7 Å². The number of rotatable bonds is 5. The Hall–Kier alpha value is -1.43. The number of halogens is 1. The molecule has 1 rings (SSSR count). The van der Waals surface area contributed by atoms with E-state index in [-0.39, 0.29) is 17.6 Å². The van der Waals surface area contributed by atoms with Gasteiger partial charge in [-0.15, -0.1) is 0 Å². The number of carbonyl (C=O) groups excluding carboxylic acids is 1.